The van der Waals surface area contributed by atoms with Crippen molar-refractivity contribution in [2.75, 3.05) is 5.43 Å². The first-order valence-corrected chi connectivity index (χ1v) is 9.43. The largest absolute Gasteiger partial charge is 0.271 e. The molecule has 25 heavy (non-hydrogen) atoms. The Labute approximate surface area is 153 Å². The van der Waals surface area contributed by atoms with Crippen LogP contribution in [0.3, 0.4) is 0 Å². The topological polar surface area (TPSA) is 78.7 Å². The van der Waals surface area contributed by atoms with E-state index in [0.29, 0.717) is 11.4 Å². The van der Waals surface area contributed by atoms with Crippen molar-refractivity contribution >= 4 is 34.7 Å². The summed E-state index contributed by atoms with van der Waals surface area (Å²) in [6.07, 6.45) is 11.1. The maximum atomic E-state index is 12.3. The number of carbonyl (C=O) groups excluding carboxylic acids is 1. The first kappa shape index (κ1) is 17.9. The van der Waals surface area contributed by atoms with Gasteiger partial charge in [0.25, 0.3) is 5.91 Å². The highest BCUT2D eigenvalue weighted by atomic mass is 35.5. The quantitative estimate of drug-likeness (QED) is 0.611. The van der Waals surface area contributed by atoms with Gasteiger partial charge in [-0.15, -0.1) is 0 Å². The number of nitrogens with one attached hydrogen (secondary N) is 2. The lowest BCUT2D eigenvalue weighted by Crippen LogP contribution is -2.21. The molecule has 0 unspecified atom stereocenters. The van der Waals surface area contributed by atoms with Crippen molar-refractivity contribution in [1.29, 1.82) is 0 Å². The van der Waals surface area contributed by atoms with Crippen molar-refractivity contribution in [2.24, 2.45) is 10.2 Å². The van der Waals surface area contributed by atoms with E-state index in [-0.39, 0.29) is 11.1 Å². The fraction of sp³-hybridized carbons (Fsp3) is 0.556. The molecule has 0 bridgehead atoms. The lowest BCUT2D eigenvalue weighted by atomic mass is 9.99. The molecule has 0 aromatic carbocycles. The molecule has 0 saturated heterocycles. The highest BCUT2D eigenvalue weighted by Gasteiger charge is 2.12. The molecule has 6 nitrogen and oxygen atoms in total. The summed E-state index contributed by atoms with van der Waals surface area (Å²) in [4.78, 5) is 16.5. The average molecular weight is 362 g/mol. The van der Waals surface area contributed by atoms with Gasteiger partial charge >= 0.3 is 0 Å². The molecule has 0 atom stereocenters. The van der Waals surface area contributed by atoms with Crippen molar-refractivity contribution in [2.45, 2.75) is 64.2 Å². The summed E-state index contributed by atoms with van der Waals surface area (Å²) in [7, 11) is 0. The minimum Gasteiger partial charge on any atom is -0.267 e. The zero-order valence-electron chi connectivity index (χ0n) is 14.4. The predicted molar refractivity (Wildman–Crippen MR) is 101 cm³/mol. The second kappa shape index (κ2) is 8.94. The molecule has 1 aromatic heterocycles. The third kappa shape index (κ3) is 5.53. The van der Waals surface area contributed by atoms with Gasteiger partial charge in [0.15, 0.2) is 0 Å². The molecule has 1 amide bonds. The molecule has 0 aliphatic heterocycles. The number of amides is 1. The molecule has 0 radical (unpaired) electrons. The summed E-state index contributed by atoms with van der Waals surface area (Å²) >= 11 is 6.05. The monoisotopic (exact) mass is 361 g/mol. The van der Waals surface area contributed by atoms with Gasteiger partial charge in [-0.2, -0.15) is 10.2 Å². The molecule has 134 valence electrons. The number of carbonyl (C=O) groups is 1. The summed E-state index contributed by atoms with van der Waals surface area (Å²) < 4.78 is 0. The number of anilines is 1. The molecule has 2 aliphatic carbocycles. The number of aromatic nitrogens is 1. The summed E-state index contributed by atoms with van der Waals surface area (Å²) in [6, 6.07) is 3.19. The number of nitrogens with zero attached hydrogens (tertiary/aromatic N) is 3. The molecular weight excluding hydrogens is 338 g/mol. The van der Waals surface area contributed by atoms with Gasteiger partial charge in [0.05, 0.1) is 0 Å². The Kier molecular flexibility index (Phi) is 6.39. The maximum absolute atomic E-state index is 12.3. The number of hydrazone groups is 2. The summed E-state index contributed by atoms with van der Waals surface area (Å²) in [5.74, 6) is 0.191. The Morgan fingerprint density at radius 2 is 1.52 bits per heavy atom. The third-order valence-corrected chi connectivity index (χ3v) is 4.76. The van der Waals surface area contributed by atoms with Crippen LogP contribution in [0.15, 0.2) is 22.3 Å². The van der Waals surface area contributed by atoms with Crippen LogP contribution in [0.4, 0.5) is 5.82 Å². The van der Waals surface area contributed by atoms with Crippen LogP contribution in [0.1, 0.15) is 74.6 Å². The van der Waals surface area contributed by atoms with E-state index < -0.39 is 0 Å². The average Bonchev–Trinajstić information content (AvgIpc) is 2.66. The highest BCUT2D eigenvalue weighted by molar-refractivity contribution is 6.29. The molecular formula is C18H24ClN5O. The van der Waals surface area contributed by atoms with Crippen LogP contribution in [0, 0.1) is 0 Å². The van der Waals surface area contributed by atoms with Crippen molar-refractivity contribution < 1.29 is 4.79 Å². The molecule has 1 heterocycles. The zero-order chi connectivity index (χ0) is 17.5. The Balaban J connectivity index is 1.64. The van der Waals surface area contributed by atoms with Crippen molar-refractivity contribution in [3.05, 3.63) is 22.8 Å². The lowest BCUT2D eigenvalue weighted by molar-refractivity contribution is 0.0954. The predicted octanol–water partition coefficient (Wildman–Crippen LogP) is 4.52. The van der Waals surface area contributed by atoms with Crippen molar-refractivity contribution in [1.82, 2.24) is 10.4 Å². The van der Waals surface area contributed by atoms with Crippen LogP contribution >= 0.6 is 11.6 Å². The highest BCUT2D eigenvalue weighted by Crippen LogP contribution is 2.18. The van der Waals surface area contributed by atoms with E-state index in [1.165, 1.54) is 31.7 Å². The number of hydrogen-bond acceptors (Lipinski definition) is 5. The standard InChI is InChI=1S/C18H24ClN5O/c19-16-11-13(18(25)24-22-15-9-5-2-6-10-15)12-17(20-16)23-21-14-7-3-1-4-8-14/h11-12H,1-10H2,(H,20,23)(H,24,25). The second-order valence-corrected chi connectivity index (χ2v) is 6.98. The Hall–Kier alpha value is -1.95. The van der Waals surface area contributed by atoms with E-state index in [1.54, 1.807) is 6.07 Å². The Bertz CT molecular complexity index is 670. The summed E-state index contributed by atoms with van der Waals surface area (Å²) in [6.45, 7) is 0. The van der Waals surface area contributed by atoms with Gasteiger partial charge in [-0.25, -0.2) is 10.4 Å². The first-order valence-electron chi connectivity index (χ1n) is 9.05. The molecule has 0 spiro atoms. The van der Waals surface area contributed by atoms with Gasteiger partial charge in [0, 0.05) is 17.0 Å². The van der Waals surface area contributed by atoms with Gasteiger partial charge < -0.3 is 0 Å². The van der Waals surface area contributed by atoms with E-state index in [1.807, 2.05) is 0 Å². The lowest BCUT2D eigenvalue weighted by Gasteiger charge is -2.13. The van der Waals surface area contributed by atoms with E-state index in [4.69, 9.17) is 11.6 Å². The Morgan fingerprint density at radius 1 is 0.920 bits per heavy atom. The molecule has 2 N–H and O–H groups in total. The molecule has 3 rings (SSSR count). The van der Waals surface area contributed by atoms with Crippen LogP contribution in [0.2, 0.25) is 5.15 Å². The molecule has 2 fully saturated rings. The number of hydrogen-bond donors (Lipinski definition) is 2. The van der Waals surface area contributed by atoms with Crippen molar-refractivity contribution in [3.8, 4) is 0 Å². The summed E-state index contributed by atoms with van der Waals surface area (Å²) in [5, 5.41) is 8.90. The van der Waals surface area contributed by atoms with Crippen LogP contribution in [0.5, 0.6) is 0 Å². The van der Waals surface area contributed by atoms with E-state index in [9.17, 15) is 4.79 Å². The maximum Gasteiger partial charge on any atom is 0.271 e. The van der Waals surface area contributed by atoms with Crippen LogP contribution < -0.4 is 10.9 Å². The fourth-order valence-corrected chi connectivity index (χ4v) is 3.37. The number of pyridine rings is 1. The number of halogens is 1. The van der Waals surface area contributed by atoms with E-state index in [0.717, 1.165) is 49.9 Å². The first-order chi connectivity index (χ1) is 12.2. The minimum absolute atomic E-state index is 0.254. The third-order valence-electron chi connectivity index (χ3n) is 4.56. The van der Waals surface area contributed by atoms with E-state index >= 15 is 0 Å². The molecule has 2 aliphatic rings. The Morgan fingerprint density at radius 3 is 2.16 bits per heavy atom. The van der Waals surface area contributed by atoms with Gasteiger partial charge in [-0.05, 0) is 63.5 Å². The molecule has 7 heteroatoms. The number of rotatable bonds is 4. The van der Waals surface area contributed by atoms with Crippen molar-refractivity contribution in [3.63, 3.8) is 0 Å². The van der Waals surface area contributed by atoms with Gasteiger partial charge in [0.1, 0.15) is 11.0 Å². The minimum atomic E-state index is -0.282. The zero-order valence-corrected chi connectivity index (χ0v) is 15.1. The van der Waals surface area contributed by atoms with Gasteiger partial charge in [-0.3, -0.25) is 10.2 Å². The van der Waals surface area contributed by atoms with Crippen LogP contribution in [0.25, 0.3) is 0 Å². The van der Waals surface area contributed by atoms with E-state index in [2.05, 4.69) is 26.0 Å². The second-order valence-electron chi connectivity index (χ2n) is 6.59. The SMILES string of the molecule is O=C(NN=C1CCCCC1)c1cc(Cl)nc(NN=C2CCCCC2)c1. The van der Waals surface area contributed by atoms with Gasteiger partial charge in [-0.1, -0.05) is 24.4 Å². The summed E-state index contributed by atoms with van der Waals surface area (Å²) in [5.41, 5.74) is 8.18. The smallest absolute Gasteiger partial charge is 0.267 e. The van der Waals surface area contributed by atoms with Crippen LogP contribution in [-0.2, 0) is 0 Å². The fourth-order valence-electron chi connectivity index (χ4n) is 3.16. The molecule has 2 saturated carbocycles. The van der Waals surface area contributed by atoms with Gasteiger partial charge in [0.2, 0.25) is 0 Å². The normalized spacial score (nSPS) is 17.8. The van der Waals surface area contributed by atoms with Crippen LogP contribution in [-0.4, -0.2) is 22.3 Å². The molecule has 1 aromatic rings.